The first-order valence-electron chi connectivity index (χ1n) is 5.65. The van der Waals surface area contributed by atoms with E-state index >= 15 is 0 Å². The average Bonchev–Trinajstić information content (AvgIpc) is 2.92. The van der Waals surface area contributed by atoms with E-state index in [0.717, 1.165) is 27.6 Å². The van der Waals surface area contributed by atoms with E-state index in [-0.39, 0.29) is 5.91 Å². The monoisotopic (exact) mass is 406 g/mol. The van der Waals surface area contributed by atoms with Crippen LogP contribution >= 0.6 is 44.1 Å². The van der Waals surface area contributed by atoms with Crippen molar-refractivity contribution < 1.29 is 4.79 Å². The molecule has 0 aliphatic carbocycles. The van der Waals surface area contributed by atoms with Crippen LogP contribution in [-0.4, -0.2) is 27.4 Å². The lowest BCUT2D eigenvalue weighted by molar-refractivity contribution is 0.0948. The van der Waals surface area contributed by atoms with Crippen molar-refractivity contribution in [2.75, 3.05) is 6.54 Å². The maximum atomic E-state index is 11.8. The molecule has 0 saturated carbocycles. The highest BCUT2D eigenvalue weighted by atomic mass is 79.9. The molecule has 0 aromatic carbocycles. The molecule has 0 aliphatic rings. The van der Waals surface area contributed by atoms with Gasteiger partial charge >= 0.3 is 0 Å². The van der Waals surface area contributed by atoms with Crippen molar-refractivity contribution >= 4 is 50.0 Å². The highest BCUT2D eigenvalue weighted by Gasteiger charge is 2.10. The molecule has 0 saturated heterocycles. The summed E-state index contributed by atoms with van der Waals surface area (Å²) in [7, 11) is 0. The molecule has 0 aliphatic heterocycles. The SMILES string of the molecule is O=C(NCCCc1c[nH]c(=S)[nH]1)c1cc(Br)c(Br)[nH]1. The fraction of sp³-hybridized carbons (Fsp3) is 0.273. The van der Waals surface area contributed by atoms with Gasteiger partial charge in [0.1, 0.15) is 5.69 Å². The maximum absolute atomic E-state index is 11.8. The van der Waals surface area contributed by atoms with Crippen LogP contribution in [0, 0.1) is 4.77 Å². The fourth-order valence-electron chi connectivity index (χ4n) is 1.61. The van der Waals surface area contributed by atoms with Gasteiger partial charge in [-0.15, -0.1) is 0 Å². The lowest BCUT2D eigenvalue weighted by Crippen LogP contribution is -2.25. The number of carbonyl (C=O) groups excluding carboxylic acids is 1. The summed E-state index contributed by atoms with van der Waals surface area (Å²) < 4.78 is 2.22. The van der Waals surface area contributed by atoms with Gasteiger partial charge in [-0.25, -0.2) is 0 Å². The van der Waals surface area contributed by atoms with Gasteiger partial charge in [0.05, 0.1) is 9.08 Å². The molecule has 0 unspecified atom stereocenters. The number of hydrogen-bond acceptors (Lipinski definition) is 2. The zero-order valence-corrected chi connectivity index (χ0v) is 13.8. The van der Waals surface area contributed by atoms with E-state index in [1.165, 1.54) is 0 Å². The Morgan fingerprint density at radius 1 is 1.37 bits per heavy atom. The fourth-order valence-corrected chi connectivity index (χ4v) is 2.45. The van der Waals surface area contributed by atoms with Gasteiger partial charge in [0.25, 0.3) is 5.91 Å². The largest absolute Gasteiger partial charge is 0.351 e. The Bertz CT molecular complexity index is 611. The predicted octanol–water partition coefficient (Wildman–Crippen LogP) is 3.29. The summed E-state index contributed by atoms with van der Waals surface area (Å²) in [5.74, 6) is -0.117. The molecule has 5 nitrogen and oxygen atoms in total. The number of rotatable bonds is 5. The number of imidazole rings is 1. The Morgan fingerprint density at radius 2 is 2.16 bits per heavy atom. The lowest BCUT2D eigenvalue weighted by Gasteiger charge is -2.02. The Morgan fingerprint density at radius 3 is 2.74 bits per heavy atom. The zero-order chi connectivity index (χ0) is 13.8. The van der Waals surface area contributed by atoms with Gasteiger partial charge < -0.3 is 20.3 Å². The van der Waals surface area contributed by atoms with Crippen LogP contribution in [0.3, 0.4) is 0 Å². The number of aryl methyl sites for hydroxylation is 1. The van der Waals surface area contributed by atoms with E-state index in [1.807, 2.05) is 6.20 Å². The highest BCUT2D eigenvalue weighted by Crippen LogP contribution is 2.22. The third-order valence-electron chi connectivity index (χ3n) is 2.53. The Hall–Kier alpha value is -0.860. The Balaban J connectivity index is 1.76. The second-order valence-electron chi connectivity index (χ2n) is 3.97. The summed E-state index contributed by atoms with van der Waals surface area (Å²) in [5.41, 5.74) is 1.57. The van der Waals surface area contributed by atoms with Crippen molar-refractivity contribution in [2.45, 2.75) is 12.8 Å². The van der Waals surface area contributed by atoms with Gasteiger partial charge in [-0.2, -0.15) is 0 Å². The molecule has 8 heteroatoms. The van der Waals surface area contributed by atoms with Gasteiger partial charge in [-0.1, -0.05) is 0 Å². The van der Waals surface area contributed by atoms with Crippen LogP contribution in [0.4, 0.5) is 0 Å². The second-order valence-corrected chi connectivity index (χ2v) is 6.03. The van der Waals surface area contributed by atoms with Crippen LogP contribution in [0.15, 0.2) is 21.3 Å². The second kappa shape index (κ2) is 6.53. The van der Waals surface area contributed by atoms with Crippen LogP contribution in [0.2, 0.25) is 0 Å². The molecule has 19 heavy (non-hydrogen) atoms. The number of carbonyl (C=O) groups is 1. The van der Waals surface area contributed by atoms with Crippen LogP contribution in [0.1, 0.15) is 22.6 Å². The summed E-state index contributed by atoms with van der Waals surface area (Å²) in [6.45, 7) is 0.610. The molecule has 2 aromatic heterocycles. The third-order valence-corrected chi connectivity index (χ3v) is 4.53. The van der Waals surface area contributed by atoms with E-state index in [0.29, 0.717) is 17.0 Å². The van der Waals surface area contributed by atoms with Crippen molar-refractivity contribution in [3.63, 3.8) is 0 Å². The minimum atomic E-state index is -0.117. The standard InChI is InChI=1S/C11H12Br2N4OS/c12-7-4-8(17-9(7)13)10(18)14-3-1-2-6-5-15-11(19)16-6/h4-5,17H,1-3H2,(H,14,18)(H2,15,16,19). The van der Waals surface area contributed by atoms with Gasteiger partial charge in [-0.3, -0.25) is 4.79 Å². The molecule has 2 heterocycles. The van der Waals surface area contributed by atoms with E-state index in [1.54, 1.807) is 6.07 Å². The zero-order valence-electron chi connectivity index (χ0n) is 9.85. The molecule has 0 bridgehead atoms. The summed E-state index contributed by atoms with van der Waals surface area (Å²) in [6, 6.07) is 1.74. The molecule has 0 fully saturated rings. The Labute approximate surface area is 131 Å². The summed E-state index contributed by atoms with van der Waals surface area (Å²) in [5, 5.41) is 2.85. The van der Waals surface area contributed by atoms with Crippen molar-refractivity contribution in [1.82, 2.24) is 20.3 Å². The molecule has 0 spiro atoms. The van der Waals surface area contributed by atoms with Gasteiger partial charge in [-0.05, 0) is 63.0 Å². The molecule has 0 atom stereocenters. The van der Waals surface area contributed by atoms with Gasteiger partial charge in [0.15, 0.2) is 4.77 Å². The quantitative estimate of drug-likeness (QED) is 0.453. The predicted molar refractivity (Wildman–Crippen MR) is 82.8 cm³/mol. The molecular weight excluding hydrogens is 396 g/mol. The van der Waals surface area contributed by atoms with Crippen molar-refractivity contribution in [3.05, 3.63) is 37.5 Å². The average molecular weight is 408 g/mol. The van der Waals surface area contributed by atoms with E-state index in [4.69, 9.17) is 12.2 Å². The first-order chi connectivity index (χ1) is 9.06. The molecule has 4 N–H and O–H groups in total. The van der Waals surface area contributed by atoms with Gasteiger partial charge in [0, 0.05) is 18.4 Å². The van der Waals surface area contributed by atoms with Crippen molar-refractivity contribution in [2.24, 2.45) is 0 Å². The number of H-pyrrole nitrogens is 3. The van der Waals surface area contributed by atoms with Crippen LogP contribution in [0.5, 0.6) is 0 Å². The van der Waals surface area contributed by atoms with Gasteiger partial charge in [0.2, 0.25) is 0 Å². The van der Waals surface area contributed by atoms with Crippen LogP contribution in [0.25, 0.3) is 0 Å². The van der Waals surface area contributed by atoms with E-state index in [9.17, 15) is 4.79 Å². The van der Waals surface area contributed by atoms with E-state index in [2.05, 4.69) is 52.1 Å². The highest BCUT2D eigenvalue weighted by molar-refractivity contribution is 9.13. The number of aromatic amines is 3. The van der Waals surface area contributed by atoms with Crippen LogP contribution in [-0.2, 0) is 6.42 Å². The topological polar surface area (TPSA) is 76.5 Å². The smallest absolute Gasteiger partial charge is 0.267 e. The Kier molecular flexibility index (Phi) is 5.00. The third kappa shape index (κ3) is 4.05. The first-order valence-corrected chi connectivity index (χ1v) is 7.64. The molecule has 2 rings (SSSR count). The molecule has 102 valence electrons. The van der Waals surface area contributed by atoms with Crippen molar-refractivity contribution in [1.29, 1.82) is 0 Å². The molecule has 0 radical (unpaired) electrons. The number of amides is 1. The summed E-state index contributed by atoms with van der Waals surface area (Å²) >= 11 is 11.6. The van der Waals surface area contributed by atoms with Crippen LogP contribution < -0.4 is 5.32 Å². The number of halogens is 2. The number of hydrogen-bond donors (Lipinski definition) is 4. The molecular formula is C11H12Br2N4OS. The normalized spacial score (nSPS) is 10.6. The van der Waals surface area contributed by atoms with E-state index < -0.39 is 0 Å². The van der Waals surface area contributed by atoms with Crippen molar-refractivity contribution in [3.8, 4) is 0 Å². The number of nitrogens with one attached hydrogen (secondary N) is 4. The summed E-state index contributed by atoms with van der Waals surface area (Å²) in [4.78, 5) is 20.7. The number of aromatic nitrogens is 3. The molecule has 1 amide bonds. The minimum Gasteiger partial charge on any atom is -0.351 e. The maximum Gasteiger partial charge on any atom is 0.267 e. The molecule has 2 aromatic rings. The summed E-state index contributed by atoms with van der Waals surface area (Å²) in [6.07, 6.45) is 3.53. The minimum absolute atomic E-state index is 0.117. The first kappa shape index (κ1) is 14.5. The lowest BCUT2D eigenvalue weighted by atomic mass is 10.2.